The molecule has 2 heterocycles. The molecule has 2 aromatic heterocycles. The van der Waals surface area contributed by atoms with Crippen molar-refractivity contribution in [3.8, 4) is 11.3 Å². The quantitative estimate of drug-likeness (QED) is 0.457. The number of sulfonamides is 1. The summed E-state index contributed by atoms with van der Waals surface area (Å²) in [6.45, 7) is 3.44. The van der Waals surface area contributed by atoms with Crippen LogP contribution in [0.2, 0.25) is 0 Å². The van der Waals surface area contributed by atoms with E-state index in [-0.39, 0.29) is 16.6 Å². The number of aryl methyl sites for hydroxylation is 1. The van der Waals surface area contributed by atoms with E-state index in [4.69, 9.17) is 4.52 Å². The van der Waals surface area contributed by atoms with Gasteiger partial charge < -0.3 is 9.84 Å². The van der Waals surface area contributed by atoms with Gasteiger partial charge in [0.2, 0.25) is 5.88 Å². The first-order valence-electron chi connectivity index (χ1n) is 9.23. The summed E-state index contributed by atoms with van der Waals surface area (Å²) in [5, 5.41) is 6.80. The molecular formula is C21H18FN5O3S. The van der Waals surface area contributed by atoms with E-state index in [0.717, 1.165) is 0 Å². The van der Waals surface area contributed by atoms with E-state index in [2.05, 4.69) is 25.2 Å². The first-order valence-corrected chi connectivity index (χ1v) is 10.7. The lowest BCUT2D eigenvalue weighted by atomic mass is 10.1. The normalized spacial score (nSPS) is 11.3. The third-order valence-corrected chi connectivity index (χ3v) is 5.99. The Labute approximate surface area is 178 Å². The molecular weight excluding hydrogens is 421 g/mol. The molecule has 31 heavy (non-hydrogen) atoms. The molecule has 0 aliphatic rings. The third-order valence-electron chi connectivity index (χ3n) is 4.64. The van der Waals surface area contributed by atoms with Crippen molar-refractivity contribution in [3.63, 3.8) is 0 Å². The zero-order valence-corrected chi connectivity index (χ0v) is 17.4. The summed E-state index contributed by atoms with van der Waals surface area (Å²) in [7, 11) is -3.84. The fourth-order valence-corrected chi connectivity index (χ4v) is 3.85. The van der Waals surface area contributed by atoms with Crippen LogP contribution in [-0.4, -0.2) is 23.5 Å². The van der Waals surface area contributed by atoms with Gasteiger partial charge in [-0.15, -0.1) is 0 Å². The number of rotatable bonds is 6. The molecule has 2 aromatic carbocycles. The topological polar surface area (TPSA) is 110 Å². The van der Waals surface area contributed by atoms with E-state index in [9.17, 15) is 12.8 Å². The predicted octanol–water partition coefficient (Wildman–Crippen LogP) is 4.43. The largest absolute Gasteiger partial charge is 0.340 e. The van der Waals surface area contributed by atoms with E-state index >= 15 is 0 Å². The summed E-state index contributed by atoms with van der Waals surface area (Å²) in [5.74, 6) is 0.141. The molecule has 0 saturated heterocycles. The van der Waals surface area contributed by atoms with Gasteiger partial charge in [0.25, 0.3) is 10.0 Å². The summed E-state index contributed by atoms with van der Waals surface area (Å²) >= 11 is 0. The molecule has 8 nitrogen and oxygen atoms in total. The molecule has 0 fully saturated rings. The van der Waals surface area contributed by atoms with E-state index in [0.29, 0.717) is 34.0 Å². The van der Waals surface area contributed by atoms with Crippen molar-refractivity contribution in [2.24, 2.45) is 0 Å². The molecule has 158 valence electrons. The Morgan fingerprint density at radius 1 is 1.00 bits per heavy atom. The molecule has 0 amide bonds. The van der Waals surface area contributed by atoms with Crippen molar-refractivity contribution >= 4 is 27.4 Å². The van der Waals surface area contributed by atoms with Crippen LogP contribution >= 0.6 is 0 Å². The van der Waals surface area contributed by atoms with E-state index in [1.165, 1.54) is 24.5 Å². The SMILES string of the molecule is Cc1noc(NS(=O)(=O)c2ccc(Nc3cc(-c4ccccc4F)ncn3)cc2)c1C. The standard InChI is InChI=1S/C21H18FN5O3S/c1-13-14(2)26-30-21(13)27-31(28,29)16-9-7-15(8-10-16)25-20-11-19(23-12-24-20)17-5-3-4-6-18(17)22/h3-12,27H,1-2H3,(H,23,24,25). The van der Waals surface area contributed by atoms with Crippen molar-refractivity contribution < 1.29 is 17.3 Å². The second-order valence-electron chi connectivity index (χ2n) is 6.75. The number of anilines is 3. The maximum absolute atomic E-state index is 14.0. The molecule has 4 aromatic rings. The Morgan fingerprint density at radius 3 is 2.42 bits per heavy atom. The lowest BCUT2D eigenvalue weighted by Gasteiger charge is -2.09. The van der Waals surface area contributed by atoms with E-state index < -0.39 is 10.0 Å². The molecule has 2 N–H and O–H groups in total. The highest BCUT2D eigenvalue weighted by molar-refractivity contribution is 7.92. The summed E-state index contributed by atoms with van der Waals surface area (Å²) in [6.07, 6.45) is 1.33. The van der Waals surface area contributed by atoms with E-state index in [1.54, 1.807) is 50.2 Å². The van der Waals surface area contributed by atoms with Crippen molar-refractivity contribution in [3.05, 3.63) is 78.0 Å². The van der Waals surface area contributed by atoms with Gasteiger partial charge in [-0.05, 0) is 50.2 Å². The summed E-state index contributed by atoms with van der Waals surface area (Å²) in [4.78, 5) is 8.31. The minimum absolute atomic E-state index is 0.0567. The zero-order valence-electron chi connectivity index (χ0n) is 16.6. The number of nitrogens with one attached hydrogen (secondary N) is 2. The Balaban J connectivity index is 1.52. The lowest BCUT2D eigenvalue weighted by molar-refractivity contribution is 0.430. The first kappa shape index (κ1) is 20.5. The summed E-state index contributed by atoms with van der Waals surface area (Å²) < 4.78 is 46.6. The monoisotopic (exact) mass is 439 g/mol. The molecule has 0 aliphatic heterocycles. The zero-order chi connectivity index (χ0) is 22.0. The van der Waals surface area contributed by atoms with Crippen LogP contribution in [0.25, 0.3) is 11.3 Å². The molecule has 10 heteroatoms. The van der Waals surface area contributed by atoms with E-state index in [1.807, 2.05) is 0 Å². The van der Waals surface area contributed by atoms with Gasteiger partial charge in [0.15, 0.2) is 0 Å². The minimum atomic E-state index is -3.84. The molecule has 0 radical (unpaired) electrons. The van der Waals surface area contributed by atoms with Crippen LogP contribution in [0.4, 0.5) is 21.8 Å². The average Bonchev–Trinajstić information content (AvgIpc) is 3.06. The molecule has 0 unspecified atom stereocenters. The third kappa shape index (κ3) is 4.38. The Hall–Kier alpha value is -3.79. The molecule has 0 saturated carbocycles. The van der Waals surface area contributed by atoms with Gasteiger partial charge in [-0.3, -0.25) is 0 Å². The Morgan fingerprint density at radius 2 is 1.74 bits per heavy atom. The van der Waals surface area contributed by atoms with Gasteiger partial charge in [0.05, 0.1) is 16.3 Å². The average molecular weight is 439 g/mol. The molecule has 0 bridgehead atoms. The maximum atomic E-state index is 14.0. The number of halogens is 1. The molecule has 4 rings (SSSR count). The number of aromatic nitrogens is 3. The molecule has 0 aliphatic carbocycles. The smallest absolute Gasteiger partial charge is 0.264 e. The van der Waals surface area contributed by atoms with Gasteiger partial charge in [0, 0.05) is 22.9 Å². The molecule has 0 spiro atoms. The number of nitrogens with zero attached hydrogens (tertiary/aromatic N) is 3. The van der Waals surface area contributed by atoms with Crippen LogP contribution in [0.15, 0.2) is 70.3 Å². The number of hydrogen-bond donors (Lipinski definition) is 2. The highest BCUT2D eigenvalue weighted by Crippen LogP contribution is 2.25. The summed E-state index contributed by atoms with van der Waals surface area (Å²) in [5.41, 5.74) is 2.62. The van der Waals surface area contributed by atoms with Crippen molar-refractivity contribution in [1.82, 2.24) is 15.1 Å². The fourth-order valence-electron chi connectivity index (χ4n) is 2.80. The number of hydrogen-bond acceptors (Lipinski definition) is 7. The predicted molar refractivity (Wildman–Crippen MR) is 114 cm³/mol. The van der Waals surface area contributed by atoms with Gasteiger partial charge >= 0.3 is 0 Å². The van der Waals surface area contributed by atoms with Crippen LogP contribution < -0.4 is 10.0 Å². The van der Waals surface area contributed by atoms with Crippen LogP contribution in [0.5, 0.6) is 0 Å². The first-order chi connectivity index (χ1) is 14.8. The van der Waals surface area contributed by atoms with Gasteiger partial charge in [0.1, 0.15) is 18.0 Å². The summed E-state index contributed by atoms with van der Waals surface area (Å²) in [6, 6.07) is 14.0. The lowest BCUT2D eigenvalue weighted by Crippen LogP contribution is -2.13. The Bertz CT molecular complexity index is 1340. The highest BCUT2D eigenvalue weighted by Gasteiger charge is 2.19. The van der Waals surface area contributed by atoms with Crippen molar-refractivity contribution in [2.45, 2.75) is 18.7 Å². The number of benzene rings is 2. The van der Waals surface area contributed by atoms with Gasteiger partial charge in [-0.2, -0.15) is 0 Å². The van der Waals surface area contributed by atoms with Crippen LogP contribution in [-0.2, 0) is 10.0 Å². The molecule has 0 atom stereocenters. The van der Waals surface area contributed by atoms with Gasteiger partial charge in [-0.25, -0.2) is 27.5 Å². The van der Waals surface area contributed by atoms with Crippen LogP contribution in [0.1, 0.15) is 11.3 Å². The van der Waals surface area contributed by atoms with Crippen LogP contribution in [0, 0.1) is 19.7 Å². The van der Waals surface area contributed by atoms with Crippen molar-refractivity contribution in [1.29, 1.82) is 0 Å². The Kier molecular flexibility index (Phi) is 5.38. The second kappa shape index (κ2) is 8.15. The highest BCUT2D eigenvalue weighted by atomic mass is 32.2. The van der Waals surface area contributed by atoms with Crippen molar-refractivity contribution in [2.75, 3.05) is 10.0 Å². The second-order valence-corrected chi connectivity index (χ2v) is 8.43. The van der Waals surface area contributed by atoms with Gasteiger partial charge in [-0.1, -0.05) is 17.3 Å². The van der Waals surface area contributed by atoms with Crippen LogP contribution in [0.3, 0.4) is 0 Å². The fraction of sp³-hybridized carbons (Fsp3) is 0.0952. The maximum Gasteiger partial charge on any atom is 0.264 e. The minimum Gasteiger partial charge on any atom is -0.340 e.